The molecule has 0 saturated carbocycles. The third-order valence-corrected chi connectivity index (χ3v) is 2.85. The lowest BCUT2D eigenvalue weighted by atomic mass is 9.79. The Bertz CT molecular complexity index is 205. The molecule has 0 aromatic carbocycles. The van der Waals surface area contributed by atoms with Gasteiger partial charge in [-0.05, 0) is 38.8 Å². The fourth-order valence-electron chi connectivity index (χ4n) is 2.29. The van der Waals surface area contributed by atoms with Gasteiger partial charge >= 0.3 is 5.97 Å². The monoisotopic (exact) mass is 199 g/mol. The van der Waals surface area contributed by atoms with Gasteiger partial charge in [0, 0.05) is 6.54 Å². The Morgan fingerprint density at radius 3 is 2.86 bits per heavy atom. The first-order valence-corrected chi connectivity index (χ1v) is 5.40. The molecule has 1 rings (SSSR count). The number of carbonyl (C=O) groups excluding carboxylic acids is 1. The summed E-state index contributed by atoms with van der Waals surface area (Å²) in [6, 6.07) is 0. The maximum absolute atomic E-state index is 11.4. The van der Waals surface area contributed by atoms with E-state index in [1.165, 1.54) is 6.42 Å². The average Bonchev–Trinajstić information content (AvgIpc) is 2.02. The molecule has 1 aliphatic rings. The van der Waals surface area contributed by atoms with E-state index in [2.05, 4.69) is 18.9 Å². The van der Waals surface area contributed by atoms with Gasteiger partial charge in [-0.3, -0.25) is 4.79 Å². The molecule has 14 heavy (non-hydrogen) atoms. The largest absolute Gasteiger partial charge is 0.466 e. The van der Waals surface area contributed by atoms with Crippen LogP contribution < -0.4 is 0 Å². The SMILES string of the molecule is CCOC(=O)CC1(C)CCCN(C)C1. The Labute approximate surface area is 86.4 Å². The van der Waals surface area contributed by atoms with Crippen LogP contribution in [0, 0.1) is 5.41 Å². The van der Waals surface area contributed by atoms with Gasteiger partial charge in [-0.2, -0.15) is 0 Å². The van der Waals surface area contributed by atoms with Gasteiger partial charge in [-0.15, -0.1) is 0 Å². The minimum absolute atomic E-state index is 0.0506. The van der Waals surface area contributed by atoms with Crippen LogP contribution in [0.1, 0.15) is 33.1 Å². The van der Waals surface area contributed by atoms with Crippen LogP contribution in [0.3, 0.4) is 0 Å². The number of rotatable bonds is 3. The summed E-state index contributed by atoms with van der Waals surface area (Å²) in [4.78, 5) is 13.7. The first-order valence-electron chi connectivity index (χ1n) is 5.40. The van der Waals surface area contributed by atoms with E-state index in [-0.39, 0.29) is 11.4 Å². The number of nitrogens with zero attached hydrogens (tertiary/aromatic N) is 1. The van der Waals surface area contributed by atoms with Crippen molar-refractivity contribution in [2.45, 2.75) is 33.1 Å². The zero-order valence-electron chi connectivity index (χ0n) is 9.51. The summed E-state index contributed by atoms with van der Waals surface area (Å²) in [5.74, 6) is -0.0506. The van der Waals surface area contributed by atoms with Crippen molar-refractivity contribution in [2.24, 2.45) is 5.41 Å². The van der Waals surface area contributed by atoms with Gasteiger partial charge in [0.05, 0.1) is 13.0 Å². The normalized spacial score (nSPS) is 28.8. The Morgan fingerprint density at radius 2 is 2.29 bits per heavy atom. The maximum atomic E-state index is 11.4. The van der Waals surface area contributed by atoms with E-state index in [0.29, 0.717) is 13.0 Å². The molecule has 0 aromatic rings. The Kier molecular flexibility index (Phi) is 3.93. The highest BCUT2D eigenvalue weighted by Crippen LogP contribution is 2.32. The van der Waals surface area contributed by atoms with Crippen molar-refractivity contribution in [3.8, 4) is 0 Å². The van der Waals surface area contributed by atoms with E-state index in [4.69, 9.17) is 4.74 Å². The lowest BCUT2D eigenvalue weighted by Gasteiger charge is -2.38. The molecule has 0 amide bonds. The quantitative estimate of drug-likeness (QED) is 0.648. The van der Waals surface area contributed by atoms with Crippen molar-refractivity contribution >= 4 is 5.97 Å². The fraction of sp³-hybridized carbons (Fsp3) is 0.909. The van der Waals surface area contributed by atoms with Crippen LogP contribution in [0.25, 0.3) is 0 Å². The van der Waals surface area contributed by atoms with Crippen molar-refractivity contribution in [1.29, 1.82) is 0 Å². The molecule has 1 saturated heterocycles. The van der Waals surface area contributed by atoms with E-state index >= 15 is 0 Å². The van der Waals surface area contributed by atoms with E-state index < -0.39 is 0 Å². The second-order valence-corrected chi connectivity index (χ2v) is 4.63. The summed E-state index contributed by atoms with van der Waals surface area (Å²) >= 11 is 0. The van der Waals surface area contributed by atoms with Crippen molar-refractivity contribution < 1.29 is 9.53 Å². The van der Waals surface area contributed by atoms with Crippen LogP contribution in [0.2, 0.25) is 0 Å². The summed E-state index contributed by atoms with van der Waals surface area (Å²) in [5.41, 5.74) is 0.124. The number of hydrogen-bond acceptors (Lipinski definition) is 3. The highest BCUT2D eigenvalue weighted by molar-refractivity contribution is 5.70. The Balaban J connectivity index is 2.43. The van der Waals surface area contributed by atoms with Crippen LogP contribution in [-0.2, 0) is 9.53 Å². The van der Waals surface area contributed by atoms with Gasteiger partial charge < -0.3 is 9.64 Å². The summed E-state index contributed by atoms with van der Waals surface area (Å²) in [6.45, 7) is 6.68. The topological polar surface area (TPSA) is 29.5 Å². The molecule has 1 fully saturated rings. The van der Waals surface area contributed by atoms with E-state index in [1.807, 2.05) is 6.92 Å². The van der Waals surface area contributed by atoms with Gasteiger partial charge in [-0.25, -0.2) is 0 Å². The summed E-state index contributed by atoms with van der Waals surface area (Å²) < 4.78 is 4.99. The predicted octanol–water partition coefficient (Wildman–Crippen LogP) is 1.67. The molecule has 0 aliphatic carbocycles. The van der Waals surface area contributed by atoms with E-state index in [9.17, 15) is 4.79 Å². The molecule has 0 aromatic heterocycles. The zero-order valence-corrected chi connectivity index (χ0v) is 9.51. The molecule has 1 aliphatic heterocycles. The van der Waals surface area contributed by atoms with Gasteiger partial charge in [0.1, 0.15) is 0 Å². The second-order valence-electron chi connectivity index (χ2n) is 4.63. The van der Waals surface area contributed by atoms with Crippen molar-refractivity contribution in [3.05, 3.63) is 0 Å². The first kappa shape index (κ1) is 11.5. The van der Waals surface area contributed by atoms with Gasteiger partial charge in [-0.1, -0.05) is 6.92 Å². The molecule has 3 nitrogen and oxygen atoms in total. The number of ether oxygens (including phenoxy) is 1. The van der Waals surface area contributed by atoms with Gasteiger partial charge in [0.25, 0.3) is 0 Å². The lowest BCUT2D eigenvalue weighted by Crippen LogP contribution is -2.40. The molecule has 0 bridgehead atoms. The molecule has 0 N–H and O–H groups in total. The molecule has 82 valence electrons. The Morgan fingerprint density at radius 1 is 1.57 bits per heavy atom. The number of piperidine rings is 1. The molecule has 0 spiro atoms. The maximum Gasteiger partial charge on any atom is 0.306 e. The molecular formula is C11H21NO2. The van der Waals surface area contributed by atoms with Gasteiger partial charge in [0.2, 0.25) is 0 Å². The lowest BCUT2D eigenvalue weighted by molar-refractivity contribution is -0.146. The average molecular weight is 199 g/mol. The molecule has 1 heterocycles. The summed E-state index contributed by atoms with van der Waals surface area (Å²) in [5, 5.41) is 0. The highest BCUT2D eigenvalue weighted by atomic mass is 16.5. The number of hydrogen-bond donors (Lipinski definition) is 0. The molecule has 3 heteroatoms. The number of likely N-dealkylation sites (tertiary alicyclic amines) is 1. The van der Waals surface area contributed by atoms with Crippen LogP contribution in [-0.4, -0.2) is 37.6 Å². The Hall–Kier alpha value is -0.570. The van der Waals surface area contributed by atoms with E-state index in [1.54, 1.807) is 0 Å². The molecular weight excluding hydrogens is 178 g/mol. The van der Waals surface area contributed by atoms with Crippen molar-refractivity contribution in [2.75, 3.05) is 26.7 Å². The van der Waals surface area contributed by atoms with Crippen LogP contribution in [0.15, 0.2) is 0 Å². The number of esters is 1. The third-order valence-electron chi connectivity index (χ3n) is 2.85. The molecule has 0 radical (unpaired) electrons. The minimum atomic E-state index is -0.0506. The van der Waals surface area contributed by atoms with E-state index in [0.717, 1.165) is 19.5 Å². The van der Waals surface area contributed by atoms with Crippen LogP contribution >= 0.6 is 0 Å². The summed E-state index contributed by atoms with van der Waals surface area (Å²) in [6.07, 6.45) is 2.88. The van der Waals surface area contributed by atoms with Crippen molar-refractivity contribution in [3.63, 3.8) is 0 Å². The van der Waals surface area contributed by atoms with Crippen LogP contribution in [0.4, 0.5) is 0 Å². The smallest absolute Gasteiger partial charge is 0.306 e. The first-order chi connectivity index (χ1) is 6.56. The molecule has 1 unspecified atom stereocenters. The third kappa shape index (κ3) is 3.29. The standard InChI is InChI=1S/C11H21NO2/c1-4-14-10(13)8-11(2)6-5-7-12(3)9-11/h4-9H2,1-3H3. The van der Waals surface area contributed by atoms with Crippen LogP contribution in [0.5, 0.6) is 0 Å². The zero-order chi connectivity index (χ0) is 10.6. The van der Waals surface area contributed by atoms with Crippen molar-refractivity contribution in [1.82, 2.24) is 4.90 Å². The summed E-state index contributed by atoms with van der Waals surface area (Å²) in [7, 11) is 2.11. The van der Waals surface area contributed by atoms with Gasteiger partial charge in [0.15, 0.2) is 0 Å². The molecule has 1 atom stereocenters. The number of carbonyl (C=O) groups is 1. The predicted molar refractivity (Wildman–Crippen MR) is 56.1 cm³/mol. The minimum Gasteiger partial charge on any atom is -0.466 e. The second kappa shape index (κ2) is 4.78. The highest BCUT2D eigenvalue weighted by Gasteiger charge is 2.32. The fourth-order valence-corrected chi connectivity index (χ4v) is 2.29.